The van der Waals surface area contributed by atoms with E-state index in [9.17, 15) is 9.59 Å². The second-order valence-electron chi connectivity index (χ2n) is 3.34. The molecule has 0 saturated carbocycles. The van der Waals surface area contributed by atoms with Crippen molar-refractivity contribution in [3.8, 4) is 0 Å². The molecule has 0 aliphatic carbocycles. The molecule has 0 spiro atoms. The van der Waals surface area contributed by atoms with Crippen LogP contribution in [-0.4, -0.2) is 23.3 Å². The fourth-order valence-electron chi connectivity index (χ4n) is 1.68. The molecule has 2 rings (SSSR count). The largest absolute Gasteiger partial charge is 0.274 e. The van der Waals surface area contributed by atoms with E-state index in [1.165, 1.54) is 16.2 Å². The molecular formula is C10H11NO2S. The van der Waals surface area contributed by atoms with Crippen LogP contribution >= 0.6 is 11.3 Å². The molecular weight excluding hydrogens is 198 g/mol. The number of fused-ring (bicyclic) bond motifs is 1. The average molecular weight is 209 g/mol. The number of hydrogen-bond acceptors (Lipinski definition) is 3. The summed E-state index contributed by atoms with van der Waals surface area (Å²) in [6.45, 7) is 4.36. The lowest BCUT2D eigenvalue weighted by molar-refractivity contribution is 0.0654. The van der Waals surface area contributed by atoms with Crippen molar-refractivity contribution < 1.29 is 9.59 Å². The highest BCUT2D eigenvalue weighted by molar-refractivity contribution is 7.10. The maximum atomic E-state index is 11.8. The molecule has 0 saturated heterocycles. The van der Waals surface area contributed by atoms with Crippen LogP contribution < -0.4 is 0 Å². The topological polar surface area (TPSA) is 37.4 Å². The normalized spacial score (nSPS) is 15.1. The molecule has 1 aliphatic rings. The van der Waals surface area contributed by atoms with Gasteiger partial charge in [0.1, 0.15) is 0 Å². The predicted molar refractivity (Wildman–Crippen MR) is 54.7 cm³/mol. The second-order valence-corrected chi connectivity index (χ2v) is 4.43. The predicted octanol–water partition coefficient (Wildman–Crippen LogP) is 2.06. The average Bonchev–Trinajstić information content (AvgIpc) is 2.63. The van der Waals surface area contributed by atoms with Crippen molar-refractivity contribution in [2.45, 2.75) is 20.3 Å². The summed E-state index contributed by atoms with van der Waals surface area (Å²) in [5, 5.41) is 1.78. The number of carbonyl (C=O) groups is 2. The fraction of sp³-hybridized carbons (Fsp3) is 0.400. The van der Waals surface area contributed by atoms with E-state index in [-0.39, 0.29) is 11.8 Å². The van der Waals surface area contributed by atoms with E-state index in [4.69, 9.17) is 0 Å². The molecule has 0 atom stereocenters. The molecule has 0 fully saturated rings. The van der Waals surface area contributed by atoms with E-state index in [0.29, 0.717) is 17.7 Å². The molecule has 0 N–H and O–H groups in total. The first-order valence-electron chi connectivity index (χ1n) is 4.61. The highest BCUT2D eigenvalue weighted by Crippen LogP contribution is 2.30. The summed E-state index contributed by atoms with van der Waals surface area (Å²) < 4.78 is 0. The van der Waals surface area contributed by atoms with Crippen molar-refractivity contribution in [2.24, 2.45) is 0 Å². The maximum Gasteiger partial charge on any atom is 0.262 e. The zero-order valence-electron chi connectivity index (χ0n) is 8.16. The third-order valence-corrected chi connectivity index (χ3v) is 3.27. The smallest absolute Gasteiger partial charge is 0.262 e. The summed E-state index contributed by atoms with van der Waals surface area (Å²) in [6.07, 6.45) is 0.810. The van der Waals surface area contributed by atoms with Crippen LogP contribution in [0.15, 0.2) is 5.38 Å². The Hall–Kier alpha value is -1.16. The van der Waals surface area contributed by atoms with E-state index in [1.54, 1.807) is 5.38 Å². The Morgan fingerprint density at radius 3 is 2.64 bits per heavy atom. The Labute approximate surface area is 86.3 Å². The molecule has 74 valence electrons. The first kappa shape index (κ1) is 9.40. The zero-order valence-corrected chi connectivity index (χ0v) is 8.98. The van der Waals surface area contributed by atoms with Gasteiger partial charge in [-0.1, -0.05) is 6.92 Å². The van der Waals surface area contributed by atoms with Crippen molar-refractivity contribution in [3.05, 3.63) is 21.4 Å². The van der Waals surface area contributed by atoms with E-state index in [1.807, 2.05) is 13.8 Å². The Balaban J connectivity index is 2.44. The van der Waals surface area contributed by atoms with Gasteiger partial charge in [0.15, 0.2) is 0 Å². The summed E-state index contributed by atoms with van der Waals surface area (Å²) in [5.41, 5.74) is 1.21. The molecule has 0 radical (unpaired) electrons. The van der Waals surface area contributed by atoms with Crippen molar-refractivity contribution in [3.63, 3.8) is 0 Å². The number of carbonyl (C=O) groups excluding carboxylic acids is 2. The highest BCUT2D eigenvalue weighted by Gasteiger charge is 2.37. The summed E-state index contributed by atoms with van der Waals surface area (Å²) >= 11 is 1.47. The molecule has 1 aromatic heterocycles. The van der Waals surface area contributed by atoms with Gasteiger partial charge in [0.2, 0.25) is 0 Å². The van der Waals surface area contributed by atoms with Crippen LogP contribution in [0.25, 0.3) is 0 Å². The van der Waals surface area contributed by atoms with Crippen molar-refractivity contribution in [1.82, 2.24) is 4.90 Å². The Bertz CT molecular complexity index is 408. The molecule has 14 heavy (non-hydrogen) atoms. The molecule has 2 amide bonds. The summed E-state index contributed by atoms with van der Waals surface area (Å²) in [7, 11) is 0. The van der Waals surface area contributed by atoms with Crippen LogP contribution in [-0.2, 0) is 0 Å². The molecule has 1 aromatic rings. The quantitative estimate of drug-likeness (QED) is 0.699. The summed E-state index contributed by atoms with van der Waals surface area (Å²) in [6, 6.07) is 0. The number of aryl methyl sites for hydroxylation is 1. The van der Waals surface area contributed by atoms with Gasteiger partial charge in [-0.05, 0) is 13.3 Å². The fourth-order valence-corrected chi connectivity index (χ4v) is 2.51. The van der Waals surface area contributed by atoms with Gasteiger partial charge in [-0.15, -0.1) is 11.3 Å². The standard InChI is InChI=1S/C10H11NO2S/c1-3-4-11-9(12)7-5-14-6(2)8(7)10(11)13/h5H,3-4H2,1-2H3. The van der Waals surface area contributed by atoms with Crippen LogP contribution in [0.5, 0.6) is 0 Å². The van der Waals surface area contributed by atoms with Crippen molar-refractivity contribution in [1.29, 1.82) is 0 Å². The minimum absolute atomic E-state index is 0.120. The number of amides is 2. The Kier molecular flexibility index (Phi) is 2.15. The lowest BCUT2D eigenvalue weighted by Gasteiger charge is -2.11. The highest BCUT2D eigenvalue weighted by atomic mass is 32.1. The van der Waals surface area contributed by atoms with Crippen LogP contribution in [0, 0.1) is 6.92 Å². The zero-order chi connectivity index (χ0) is 10.3. The van der Waals surface area contributed by atoms with E-state index in [0.717, 1.165) is 11.3 Å². The third-order valence-electron chi connectivity index (χ3n) is 2.36. The van der Waals surface area contributed by atoms with Gasteiger partial charge in [0.25, 0.3) is 11.8 Å². The summed E-state index contributed by atoms with van der Waals surface area (Å²) in [4.78, 5) is 25.8. The minimum Gasteiger partial charge on any atom is -0.274 e. The molecule has 3 nitrogen and oxygen atoms in total. The SMILES string of the molecule is CCCN1C(=O)c2csc(C)c2C1=O. The first-order valence-corrected chi connectivity index (χ1v) is 5.49. The first-order chi connectivity index (χ1) is 6.66. The van der Waals surface area contributed by atoms with Gasteiger partial charge in [0.05, 0.1) is 11.1 Å². The maximum absolute atomic E-state index is 11.8. The van der Waals surface area contributed by atoms with Crippen LogP contribution in [0.1, 0.15) is 38.9 Å². The number of hydrogen-bond donors (Lipinski definition) is 0. The molecule has 4 heteroatoms. The molecule has 0 bridgehead atoms. The number of imide groups is 1. The minimum atomic E-state index is -0.129. The lowest BCUT2D eigenvalue weighted by Crippen LogP contribution is -2.30. The van der Waals surface area contributed by atoms with Gasteiger partial charge in [-0.2, -0.15) is 0 Å². The van der Waals surface area contributed by atoms with Crippen molar-refractivity contribution >= 4 is 23.2 Å². The van der Waals surface area contributed by atoms with Gasteiger partial charge < -0.3 is 0 Å². The van der Waals surface area contributed by atoms with E-state index >= 15 is 0 Å². The summed E-state index contributed by atoms with van der Waals surface area (Å²) in [5.74, 6) is -0.248. The molecule has 1 aliphatic heterocycles. The van der Waals surface area contributed by atoms with Crippen LogP contribution in [0.2, 0.25) is 0 Å². The molecule has 2 heterocycles. The monoisotopic (exact) mass is 209 g/mol. The second kappa shape index (κ2) is 3.20. The lowest BCUT2D eigenvalue weighted by atomic mass is 10.2. The number of nitrogens with zero attached hydrogens (tertiary/aromatic N) is 1. The molecule has 0 unspecified atom stereocenters. The van der Waals surface area contributed by atoms with Crippen LogP contribution in [0.4, 0.5) is 0 Å². The van der Waals surface area contributed by atoms with Gasteiger partial charge >= 0.3 is 0 Å². The van der Waals surface area contributed by atoms with E-state index in [2.05, 4.69) is 0 Å². The third kappa shape index (κ3) is 1.10. The Morgan fingerprint density at radius 2 is 2.07 bits per heavy atom. The van der Waals surface area contributed by atoms with Gasteiger partial charge in [-0.3, -0.25) is 14.5 Å². The number of thiophene rings is 1. The van der Waals surface area contributed by atoms with Crippen molar-refractivity contribution in [2.75, 3.05) is 6.54 Å². The molecule has 0 aromatic carbocycles. The van der Waals surface area contributed by atoms with Gasteiger partial charge in [-0.25, -0.2) is 0 Å². The Morgan fingerprint density at radius 1 is 1.36 bits per heavy atom. The van der Waals surface area contributed by atoms with Crippen LogP contribution in [0.3, 0.4) is 0 Å². The van der Waals surface area contributed by atoms with E-state index < -0.39 is 0 Å². The van der Waals surface area contributed by atoms with Gasteiger partial charge in [0, 0.05) is 16.8 Å². The number of rotatable bonds is 2.